The van der Waals surface area contributed by atoms with Gasteiger partial charge in [-0.3, -0.25) is 19.8 Å². The van der Waals surface area contributed by atoms with Crippen LogP contribution in [0.4, 0.5) is 21.5 Å². The van der Waals surface area contributed by atoms with Crippen molar-refractivity contribution in [2.45, 2.75) is 6.92 Å². The number of carbonyl (C=O) groups is 1. The fourth-order valence-electron chi connectivity index (χ4n) is 3.15. The van der Waals surface area contributed by atoms with E-state index in [9.17, 15) is 19.3 Å². The van der Waals surface area contributed by atoms with Gasteiger partial charge in [-0.1, -0.05) is 18.2 Å². The van der Waals surface area contributed by atoms with Gasteiger partial charge in [0.25, 0.3) is 5.69 Å². The zero-order chi connectivity index (χ0) is 19.4. The predicted molar refractivity (Wildman–Crippen MR) is 102 cm³/mol. The van der Waals surface area contributed by atoms with Gasteiger partial charge in [-0.25, -0.2) is 4.39 Å². The van der Waals surface area contributed by atoms with Crippen LogP contribution in [0.5, 0.6) is 0 Å². The van der Waals surface area contributed by atoms with Gasteiger partial charge < -0.3 is 10.2 Å². The molecule has 27 heavy (non-hydrogen) atoms. The molecular formula is C19H21FN4O3. The normalized spacial score (nSPS) is 14.8. The summed E-state index contributed by atoms with van der Waals surface area (Å²) in [5.41, 5.74) is 1.70. The molecule has 1 fully saturated rings. The minimum atomic E-state index is -0.470. The third-order valence-corrected chi connectivity index (χ3v) is 4.56. The van der Waals surface area contributed by atoms with Gasteiger partial charge in [0.15, 0.2) is 0 Å². The van der Waals surface area contributed by atoms with Crippen molar-refractivity contribution in [3.05, 3.63) is 64.0 Å². The van der Waals surface area contributed by atoms with E-state index in [1.54, 1.807) is 24.3 Å². The van der Waals surface area contributed by atoms with E-state index in [2.05, 4.69) is 5.32 Å². The maximum absolute atomic E-state index is 13.6. The van der Waals surface area contributed by atoms with E-state index in [1.165, 1.54) is 12.1 Å². The molecule has 142 valence electrons. The average Bonchev–Trinajstić information content (AvgIpc) is 2.64. The molecule has 1 amide bonds. The molecule has 2 aromatic carbocycles. The Hall–Kier alpha value is -3.00. The quantitative estimate of drug-likeness (QED) is 0.645. The zero-order valence-electron chi connectivity index (χ0n) is 15.0. The van der Waals surface area contributed by atoms with Crippen molar-refractivity contribution in [1.29, 1.82) is 0 Å². The Morgan fingerprint density at radius 1 is 1.19 bits per heavy atom. The third-order valence-electron chi connectivity index (χ3n) is 4.56. The number of hydrogen-bond acceptors (Lipinski definition) is 5. The molecule has 0 atom stereocenters. The largest absolute Gasteiger partial charge is 0.363 e. The van der Waals surface area contributed by atoms with Crippen LogP contribution in [0.25, 0.3) is 0 Å². The van der Waals surface area contributed by atoms with E-state index in [0.29, 0.717) is 31.9 Å². The van der Waals surface area contributed by atoms with Crippen LogP contribution in [0.1, 0.15) is 5.56 Å². The number of halogens is 1. The summed E-state index contributed by atoms with van der Waals surface area (Å²) in [5, 5.41) is 13.9. The second kappa shape index (κ2) is 8.13. The first kappa shape index (κ1) is 18.8. The first-order chi connectivity index (χ1) is 12.9. The summed E-state index contributed by atoms with van der Waals surface area (Å²) in [6.45, 7) is 4.32. The van der Waals surface area contributed by atoms with Gasteiger partial charge in [0, 0.05) is 32.2 Å². The Kier molecular flexibility index (Phi) is 5.66. The van der Waals surface area contributed by atoms with Crippen molar-refractivity contribution in [3.63, 3.8) is 0 Å². The number of benzene rings is 2. The summed E-state index contributed by atoms with van der Waals surface area (Å²) in [6, 6.07) is 11.2. The number of rotatable bonds is 5. The number of nitrogens with zero attached hydrogens (tertiary/aromatic N) is 3. The number of hydrogen-bond donors (Lipinski definition) is 1. The van der Waals surface area contributed by atoms with Crippen molar-refractivity contribution in [2.24, 2.45) is 0 Å². The number of amides is 1. The van der Waals surface area contributed by atoms with Crippen LogP contribution in [0, 0.1) is 22.9 Å². The molecule has 0 aliphatic carbocycles. The lowest BCUT2D eigenvalue weighted by Gasteiger charge is -2.35. The highest BCUT2D eigenvalue weighted by Gasteiger charge is 2.24. The average molecular weight is 372 g/mol. The molecule has 0 radical (unpaired) electrons. The number of carbonyl (C=O) groups excluding carboxylic acids is 1. The van der Waals surface area contributed by atoms with Gasteiger partial charge >= 0.3 is 0 Å². The maximum atomic E-state index is 13.6. The molecule has 0 bridgehead atoms. The fourth-order valence-corrected chi connectivity index (χ4v) is 3.15. The van der Waals surface area contributed by atoms with Crippen molar-refractivity contribution in [1.82, 2.24) is 4.90 Å². The second-order valence-electron chi connectivity index (χ2n) is 6.54. The van der Waals surface area contributed by atoms with E-state index in [4.69, 9.17) is 0 Å². The first-order valence-corrected chi connectivity index (χ1v) is 8.71. The van der Waals surface area contributed by atoms with E-state index >= 15 is 0 Å². The molecule has 0 aromatic heterocycles. The smallest absolute Gasteiger partial charge is 0.292 e. The van der Waals surface area contributed by atoms with Gasteiger partial charge in [-0.2, -0.15) is 0 Å². The van der Waals surface area contributed by atoms with Gasteiger partial charge in [-0.05, 0) is 30.7 Å². The number of nitro benzene ring substituents is 1. The number of piperazine rings is 1. The minimum absolute atomic E-state index is 0.0979. The van der Waals surface area contributed by atoms with Gasteiger partial charge in [-0.15, -0.1) is 0 Å². The highest BCUT2D eigenvalue weighted by molar-refractivity contribution is 5.92. The Morgan fingerprint density at radius 2 is 1.89 bits per heavy atom. The Morgan fingerprint density at radius 3 is 2.56 bits per heavy atom. The Bertz CT molecular complexity index is 851. The Labute approximate surface area is 156 Å². The van der Waals surface area contributed by atoms with Crippen LogP contribution in [-0.2, 0) is 4.79 Å². The standard InChI is InChI=1S/C19H21FN4O3/c1-14-6-7-17(18(12-14)24(26)27)23-10-8-22(9-11-23)13-19(25)21-16-5-3-2-4-15(16)20/h2-7,12H,8-11,13H2,1H3,(H,21,25). The van der Waals surface area contributed by atoms with Gasteiger partial charge in [0.1, 0.15) is 11.5 Å². The summed E-state index contributed by atoms with van der Waals surface area (Å²) in [5.74, 6) is -0.753. The number of nitro groups is 1. The molecule has 0 spiro atoms. The molecule has 1 aliphatic rings. The summed E-state index contributed by atoms with van der Waals surface area (Å²) in [6.07, 6.45) is 0. The van der Waals surface area contributed by atoms with Crippen molar-refractivity contribution in [3.8, 4) is 0 Å². The van der Waals surface area contributed by atoms with Crippen molar-refractivity contribution < 1.29 is 14.1 Å². The minimum Gasteiger partial charge on any atom is -0.363 e. The predicted octanol–water partition coefficient (Wildman–Crippen LogP) is 2.80. The number of aryl methyl sites for hydroxylation is 1. The summed E-state index contributed by atoms with van der Waals surface area (Å²) < 4.78 is 13.6. The fraction of sp³-hybridized carbons (Fsp3) is 0.316. The highest BCUT2D eigenvalue weighted by atomic mass is 19.1. The number of para-hydroxylation sites is 1. The molecule has 8 heteroatoms. The van der Waals surface area contributed by atoms with Crippen molar-refractivity contribution in [2.75, 3.05) is 42.9 Å². The van der Waals surface area contributed by atoms with Crippen LogP contribution in [-0.4, -0.2) is 48.5 Å². The van der Waals surface area contributed by atoms with Crippen LogP contribution in [0.3, 0.4) is 0 Å². The molecule has 3 rings (SSSR count). The lowest BCUT2D eigenvalue weighted by atomic mass is 10.1. The van der Waals surface area contributed by atoms with Gasteiger partial charge in [0.2, 0.25) is 5.91 Å². The molecule has 0 unspecified atom stereocenters. The summed E-state index contributed by atoms with van der Waals surface area (Å²) >= 11 is 0. The van der Waals surface area contributed by atoms with E-state index in [-0.39, 0.29) is 28.8 Å². The monoisotopic (exact) mass is 372 g/mol. The molecule has 7 nitrogen and oxygen atoms in total. The molecule has 2 aromatic rings. The maximum Gasteiger partial charge on any atom is 0.292 e. The molecule has 1 N–H and O–H groups in total. The van der Waals surface area contributed by atoms with Crippen LogP contribution in [0.2, 0.25) is 0 Å². The molecule has 1 heterocycles. The van der Waals surface area contributed by atoms with E-state index < -0.39 is 5.82 Å². The topological polar surface area (TPSA) is 78.7 Å². The SMILES string of the molecule is Cc1ccc(N2CCN(CC(=O)Nc3ccccc3F)CC2)c([N+](=O)[O-])c1. The summed E-state index contributed by atoms with van der Waals surface area (Å²) in [7, 11) is 0. The van der Waals surface area contributed by atoms with E-state index in [0.717, 1.165) is 5.56 Å². The lowest BCUT2D eigenvalue weighted by Crippen LogP contribution is -2.48. The summed E-state index contributed by atoms with van der Waals surface area (Å²) in [4.78, 5) is 27.0. The van der Waals surface area contributed by atoms with Gasteiger partial charge in [0.05, 0.1) is 17.2 Å². The molecule has 1 aliphatic heterocycles. The Balaban J connectivity index is 1.57. The van der Waals surface area contributed by atoms with E-state index in [1.807, 2.05) is 22.8 Å². The number of nitrogens with one attached hydrogen (secondary N) is 1. The van der Waals surface area contributed by atoms with Crippen molar-refractivity contribution >= 4 is 23.0 Å². The molecule has 0 saturated carbocycles. The third kappa shape index (κ3) is 4.59. The first-order valence-electron chi connectivity index (χ1n) is 8.71. The highest BCUT2D eigenvalue weighted by Crippen LogP contribution is 2.29. The number of anilines is 2. The van der Waals surface area contributed by atoms with Crippen LogP contribution in [0.15, 0.2) is 42.5 Å². The zero-order valence-corrected chi connectivity index (χ0v) is 15.0. The molecular weight excluding hydrogens is 351 g/mol. The van der Waals surface area contributed by atoms with Crippen LogP contribution >= 0.6 is 0 Å². The second-order valence-corrected chi connectivity index (χ2v) is 6.54. The van der Waals surface area contributed by atoms with Crippen LogP contribution < -0.4 is 10.2 Å². The lowest BCUT2D eigenvalue weighted by molar-refractivity contribution is -0.384. The molecule has 1 saturated heterocycles.